The minimum atomic E-state index is -2.36. The fraction of sp³-hybridized carbons (Fsp3) is 1.00. The molecule has 1 saturated heterocycles. The zero-order valence-electron chi connectivity index (χ0n) is 4.94. The maximum atomic E-state index is 12.1. The molecule has 0 amide bonds. The molecule has 1 aliphatic heterocycles. The van der Waals surface area contributed by atoms with Gasteiger partial charge < -0.3 is 4.74 Å². The van der Waals surface area contributed by atoms with E-state index in [1.807, 2.05) is 0 Å². The van der Waals surface area contributed by atoms with E-state index in [1.165, 1.54) is 0 Å². The third kappa shape index (κ3) is 0.936. The lowest BCUT2D eigenvalue weighted by Crippen LogP contribution is -2.38. The van der Waals surface area contributed by atoms with Gasteiger partial charge in [0, 0.05) is 12.8 Å². The number of hydrogen-bond donors (Lipinski definition) is 0. The maximum Gasteiger partial charge on any atom is 0.248 e. The first-order valence-electron chi connectivity index (χ1n) is 3.17. The van der Waals surface area contributed by atoms with Crippen LogP contribution in [0.25, 0.3) is 0 Å². The van der Waals surface area contributed by atoms with Gasteiger partial charge in [-0.3, -0.25) is 0 Å². The van der Waals surface area contributed by atoms with Crippen molar-refractivity contribution < 1.29 is 13.5 Å². The third-order valence-electron chi connectivity index (χ3n) is 2.01. The van der Waals surface area contributed by atoms with Crippen LogP contribution in [0, 0.1) is 5.92 Å². The Morgan fingerprint density at radius 2 is 1.89 bits per heavy atom. The van der Waals surface area contributed by atoms with Crippen LogP contribution in [0.4, 0.5) is 8.78 Å². The van der Waals surface area contributed by atoms with Gasteiger partial charge in [-0.2, -0.15) is 0 Å². The van der Waals surface area contributed by atoms with E-state index in [0.717, 1.165) is 0 Å². The van der Waals surface area contributed by atoms with E-state index in [0.29, 0.717) is 6.61 Å². The number of alkyl halides is 2. The highest BCUT2D eigenvalue weighted by Crippen LogP contribution is 2.47. The van der Waals surface area contributed by atoms with Crippen molar-refractivity contribution in [2.75, 3.05) is 6.61 Å². The summed E-state index contributed by atoms with van der Waals surface area (Å²) in [4.78, 5) is 0. The van der Waals surface area contributed by atoms with Gasteiger partial charge in [-0.05, 0) is 5.92 Å². The Morgan fingerprint density at radius 1 is 1.33 bits per heavy atom. The Hall–Kier alpha value is -0.180. The molecule has 0 spiro atoms. The number of ether oxygens (including phenoxy) is 1. The van der Waals surface area contributed by atoms with Crippen LogP contribution in [0.1, 0.15) is 12.8 Å². The molecular formula is C6H8F2O. The average Bonchev–Trinajstić information content (AvgIpc) is 2.37. The molecule has 0 aromatic rings. The van der Waals surface area contributed by atoms with Gasteiger partial charge >= 0.3 is 0 Å². The van der Waals surface area contributed by atoms with Crippen molar-refractivity contribution in [2.24, 2.45) is 5.92 Å². The molecule has 1 nitrogen and oxygen atoms in total. The quantitative estimate of drug-likeness (QED) is 0.494. The molecule has 0 N–H and O–H groups in total. The predicted octanol–water partition coefficient (Wildman–Crippen LogP) is 1.43. The van der Waals surface area contributed by atoms with Crippen molar-refractivity contribution in [3.63, 3.8) is 0 Å². The largest absolute Gasteiger partial charge is 0.373 e. The van der Waals surface area contributed by atoms with Crippen molar-refractivity contribution in [2.45, 2.75) is 24.9 Å². The van der Waals surface area contributed by atoms with Crippen molar-refractivity contribution in [1.82, 2.24) is 0 Å². The third-order valence-corrected chi connectivity index (χ3v) is 2.01. The lowest BCUT2D eigenvalue weighted by Gasteiger charge is -2.33. The SMILES string of the molecule is FC1(F)CC([C@H]2CO2)C1. The molecule has 0 radical (unpaired) electrons. The summed E-state index contributed by atoms with van der Waals surface area (Å²) in [5, 5.41) is 0. The number of halogens is 2. The van der Waals surface area contributed by atoms with Gasteiger partial charge in [-0.15, -0.1) is 0 Å². The molecule has 1 heterocycles. The highest BCUT2D eigenvalue weighted by Gasteiger charge is 2.52. The Morgan fingerprint density at radius 3 is 2.22 bits per heavy atom. The summed E-state index contributed by atoms with van der Waals surface area (Å²) < 4.78 is 29.1. The van der Waals surface area contributed by atoms with Gasteiger partial charge in [-0.25, -0.2) is 8.78 Å². The topological polar surface area (TPSA) is 12.5 Å². The van der Waals surface area contributed by atoms with Gasteiger partial charge in [0.05, 0.1) is 12.7 Å². The number of rotatable bonds is 1. The molecule has 3 heteroatoms. The van der Waals surface area contributed by atoms with Gasteiger partial charge in [0.15, 0.2) is 0 Å². The van der Waals surface area contributed by atoms with Crippen molar-refractivity contribution in [1.29, 1.82) is 0 Å². The van der Waals surface area contributed by atoms with E-state index in [9.17, 15) is 8.78 Å². The van der Waals surface area contributed by atoms with Gasteiger partial charge in [0.2, 0.25) is 5.92 Å². The minimum absolute atomic E-state index is 0.0532. The summed E-state index contributed by atoms with van der Waals surface area (Å²) in [6.07, 6.45) is 0.291. The highest BCUT2D eigenvalue weighted by atomic mass is 19.3. The summed E-state index contributed by atoms with van der Waals surface area (Å²) >= 11 is 0. The second-order valence-electron chi connectivity index (χ2n) is 2.90. The first-order chi connectivity index (χ1) is 4.17. The monoisotopic (exact) mass is 134 g/mol. The molecule has 0 bridgehead atoms. The van der Waals surface area contributed by atoms with Gasteiger partial charge in [-0.1, -0.05) is 0 Å². The standard InChI is InChI=1S/C6H8F2O/c7-6(8)1-4(2-6)5-3-9-5/h4-5H,1-3H2/t5-/m1/s1. The number of epoxide rings is 1. The van der Waals surface area contributed by atoms with E-state index in [2.05, 4.69) is 0 Å². The summed E-state index contributed by atoms with van der Waals surface area (Å²) in [6.45, 7) is 0.709. The molecule has 2 rings (SSSR count). The van der Waals surface area contributed by atoms with Crippen LogP contribution in [0.5, 0.6) is 0 Å². The van der Waals surface area contributed by atoms with Crippen LogP contribution in [0.3, 0.4) is 0 Å². The van der Waals surface area contributed by atoms with E-state index in [4.69, 9.17) is 4.74 Å². The second kappa shape index (κ2) is 1.45. The summed E-state index contributed by atoms with van der Waals surface area (Å²) in [7, 11) is 0. The molecule has 0 aromatic carbocycles. The summed E-state index contributed by atoms with van der Waals surface area (Å²) in [5.41, 5.74) is 0. The van der Waals surface area contributed by atoms with Crippen LogP contribution in [0.15, 0.2) is 0 Å². The van der Waals surface area contributed by atoms with Gasteiger partial charge in [0.1, 0.15) is 0 Å². The summed E-state index contributed by atoms with van der Waals surface area (Å²) in [6, 6.07) is 0. The molecule has 0 unspecified atom stereocenters. The minimum Gasteiger partial charge on any atom is -0.373 e. The van der Waals surface area contributed by atoms with Gasteiger partial charge in [0.25, 0.3) is 0 Å². The van der Waals surface area contributed by atoms with Crippen LogP contribution >= 0.6 is 0 Å². The van der Waals surface area contributed by atoms with E-state index >= 15 is 0 Å². The van der Waals surface area contributed by atoms with Crippen molar-refractivity contribution >= 4 is 0 Å². The van der Waals surface area contributed by atoms with E-state index in [-0.39, 0.29) is 24.9 Å². The molecule has 1 aliphatic carbocycles. The Labute approximate surface area is 52.0 Å². The second-order valence-corrected chi connectivity index (χ2v) is 2.90. The van der Waals surface area contributed by atoms with Crippen LogP contribution in [-0.2, 0) is 4.74 Å². The normalized spacial score (nSPS) is 40.0. The molecule has 2 aliphatic rings. The average molecular weight is 134 g/mol. The Bertz CT molecular complexity index is 123. The van der Waals surface area contributed by atoms with E-state index < -0.39 is 5.92 Å². The predicted molar refractivity (Wildman–Crippen MR) is 27.4 cm³/mol. The first kappa shape index (κ1) is 5.59. The lowest BCUT2D eigenvalue weighted by molar-refractivity contribution is -0.116. The molecule has 2 fully saturated rings. The Balaban J connectivity index is 1.83. The molecule has 1 saturated carbocycles. The van der Waals surface area contributed by atoms with E-state index in [1.54, 1.807) is 0 Å². The van der Waals surface area contributed by atoms with Crippen LogP contribution < -0.4 is 0 Å². The first-order valence-corrected chi connectivity index (χ1v) is 3.17. The highest BCUT2D eigenvalue weighted by molar-refractivity contribution is 4.94. The molecule has 9 heavy (non-hydrogen) atoms. The Kier molecular flexibility index (Phi) is 0.903. The van der Waals surface area contributed by atoms with Crippen molar-refractivity contribution in [3.8, 4) is 0 Å². The zero-order chi connectivity index (χ0) is 6.48. The molecular weight excluding hydrogens is 126 g/mol. The maximum absolute atomic E-state index is 12.1. The molecule has 0 aromatic heterocycles. The molecule has 52 valence electrons. The smallest absolute Gasteiger partial charge is 0.248 e. The fourth-order valence-electron chi connectivity index (χ4n) is 1.30. The van der Waals surface area contributed by atoms with Crippen LogP contribution in [-0.4, -0.2) is 18.6 Å². The fourth-order valence-corrected chi connectivity index (χ4v) is 1.30. The zero-order valence-corrected chi connectivity index (χ0v) is 4.94. The van der Waals surface area contributed by atoms with Crippen molar-refractivity contribution in [3.05, 3.63) is 0 Å². The molecule has 1 atom stereocenters. The lowest BCUT2D eigenvalue weighted by atomic mass is 9.79. The summed E-state index contributed by atoms with van der Waals surface area (Å²) in [5.74, 6) is -2.20. The van der Waals surface area contributed by atoms with Crippen LogP contribution in [0.2, 0.25) is 0 Å². The number of hydrogen-bond acceptors (Lipinski definition) is 1.